The second kappa shape index (κ2) is 3.17. The van der Waals surface area contributed by atoms with Crippen molar-refractivity contribution in [2.24, 2.45) is 0 Å². The Hall–Kier alpha value is -1.34. The maximum atomic E-state index is 8.39. The van der Waals surface area contributed by atoms with Crippen LogP contribution < -0.4 is 5.32 Å². The largest absolute Gasteiger partial charge is 0.371 e. The van der Waals surface area contributed by atoms with Gasteiger partial charge in [0.1, 0.15) is 6.07 Å². The lowest BCUT2D eigenvalue weighted by Gasteiger charge is -1.98. The van der Waals surface area contributed by atoms with Crippen LogP contribution in [0.15, 0.2) is 6.20 Å². The molecule has 5 heteroatoms. The first kappa shape index (κ1) is 7.76. The first-order chi connectivity index (χ1) is 5.27. The Morgan fingerprint density at radius 3 is 2.91 bits per heavy atom. The summed E-state index contributed by atoms with van der Waals surface area (Å²) >= 11 is 5.62. The number of nitriles is 1. The van der Waals surface area contributed by atoms with Gasteiger partial charge in [-0.15, -0.1) is 0 Å². The van der Waals surface area contributed by atoms with Crippen LogP contribution in [0.3, 0.4) is 0 Å². The fraction of sp³-hybridized carbons (Fsp3) is 0.167. The van der Waals surface area contributed by atoms with Crippen molar-refractivity contribution in [3.05, 3.63) is 17.0 Å². The van der Waals surface area contributed by atoms with E-state index in [1.807, 2.05) is 6.07 Å². The Bertz CT molecular complexity index is 304. The minimum Gasteiger partial charge on any atom is -0.371 e. The van der Waals surface area contributed by atoms with Gasteiger partial charge in [0.15, 0.2) is 16.7 Å². The second-order valence-corrected chi connectivity index (χ2v) is 2.11. The van der Waals surface area contributed by atoms with E-state index < -0.39 is 0 Å². The van der Waals surface area contributed by atoms with Crippen LogP contribution >= 0.6 is 11.6 Å². The zero-order chi connectivity index (χ0) is 8.27. The zero-order valence-corrected chi connectivity index (χ0v) is 6.55. The number of anilines is 1. The molecule has 0 atom stereocenters. The summed E-state index contributed by atoms with van der Waals surface area (Å²) in [6.45, 7) is 0. The Kier molecular flexibility index (Phi) is 2.24. The maximum Gasteiger partial charge on any atom is 0.172 e. The minimum absolute atomic E-state index is 0.214. The van der Waals surface area contributed by atoms with E-state index >= 15 is 0 Å². The molecule has 0 amide bonds. The van der Waals surface area contributed by atoms with E-state index in [0.717, 1.165) is 0 Å². The smallest absolute Gasteiger partial charge is 0.172 e. The molecule has 4 nitrogen and oxygen atoms in total. The van der Waals surface area contributed by atoms with Gasteiger partial charge in [-0.3, -0.25) is 0 Å². The zero-order valence-electron chi connectivity index (χ0n) is 5.80. The molecule has 1 aromatic rings. The summed E-state index contributed by atoms with van der Waals surface area (Å²) in [7, 11) is 1.68. The van der Waals surface area contributed by atoms with E-state index in [1.165, 1.54) is 6.20 Å². The van der Waals surface area contributed by atoms with Crippen LogP contribution in [0.1, 0.15) is 5.69 Å². The maximum absolute atomic E-state index is 8.39. The lowest BCUT2D eigenvalue weighted by Crippen LogP contribution is -1.96. The van der Waals surface area contributed by atoms with Gasteiger partial charge < -0.3 is 5.32 Å². The van der Waals surface area contributed by atoms with Crippen molar-refractivity contribution in [1.82, 2.24) is 9.97 Å². The predicted molar refractivity (Wildman–Crippen MR) is 41.3 cm³/mol. The molecule has 0 fully saturated rings. The van der Waals surface area contributed by atoms with Crippen LogP contribution in [0, 0.1) is 11.3 Å². The van der Waals surface area contributed by atoms with Crippen LogP contribution in [0.25, 0.3) is 0 Å². The quantitative estimate of drug-likeness (QED) is 0.681. The number of hydrogen-bond donors (Lipinski definition) is 1. The molecule has 1 heterocycles. The van der Waals surface area contributed by atoms with Gasteiger partial charge in [-0.05, 0) is 0 Å². The average Bonchev–Trinajstić information content (AvgIpc) is 2.04. The predicted octanol–water partition coefficient (Wildman–Crippen LogP) is 1.04. The van der Waals surface area contributed by atoms with Gasteiger partial charge in [0.05, 0.1) is 6.20 Å². The van der Waals surface area contributed by atoms with Crippen molar-refractivity contribution in [3.63, 3.8) is 0 Å². The average molecular weight is 169 g/mol. The number of rotatable bonds is 1. The molecule has 0 aromatic carbocycles. The van der Waals surface area contributed by atoms with Crippen LogP contribution in [0.2, 0.25) is 5.15 Å². The van der Waals surface area contributed by atoms with Gasteiger partial charge in [0.25, 0.3) is 0 Å². The summed E-state index contributed by atoms with van der Waals surface area (Å²) in [6.07, 6.45) is 1.36. The summed E-state index contributed by atoms with van der Waals surface area (Å²) in [4.78, 5) is 7.58. The number of halogens is 1. The third-order valence-electron chi connectivity index (χ3n) is 1.08. The van der Waals surface area contributed by atoms with E-state index in [0.29, 0.717) is 5.82 Å². The van der Waals surface area contributed by atoms with Crippen LogP contribution in [0.5, 0.6) is 0 Å². The Morgan fingerprint density at radius 2 is 2.45 bits per heavy atom. The van der Waals surface area contributed by atoms with Crippen molar-refractivity contribution in [1.29, 1.82) is 5.26 Å². The molecule has 0 aliphatic heterocycles. The molecule has 0 radical (unpaired) electrons. The molecule has 1 aromatic heterocycles. The van der Waals surface area contributed by atoms with Crippen molar-refractivity contribution in [3.8, 4) is 6.07 Å². The van der Waals surface area contributed by atoms with E-state index in [1.54, 1.807) is 7.05 Å². The van der Waals surface area contributed by atoms with Crippen LogP contribution in [0.4, 0.5) is 5.82 Å². The first-order valence-corrected chi connectivity index (χ1v) is 3.26. The number of hydrogen-bond acceptors (Lipinski definition) is 4. The van der Waals surface area contributed by atoms with E-state index in [9.17, 15) is 0 Å². The van der Waals surface area contributed by atoms with E-state index in [2.05, 4.69) is 15.3 Å². The molecule has 0 saturated carbocycles. The van der Waals surface area contributed by atoms with Gasteiger partial charge in [0, 0.05) is 7.05 Å². The topological polar surface area (TPSA) is 61.6 Å². The van der Waals surface area contributed by atoms with Crippen molar-refractivity contribution >= 4 is 17.4 Å². The molecular formula is C6H5ClN4. The summed E-state index contributed by atoms with van der Waals surface area (Å²) in [6, 6.07) is 1.83. The summed E-state index contributed by atoms with van der Waals surface area (Å²) in [5.41, 5.74) is 0.217. The third kappa shape index (κ3) is 1.57. The highest BCUT2D eigenvalue weighted by atomic mass is 35.5. The Labute approximate surface area is 68.8 Å². The monoisotopic (exact) mass is 168 g/mol. The fourth-order valence-electron chi connectivity index (χ4n) is 0.588. The Morgan fingerprint density at radius 1 is 1.73 bits per heavy atom. The van der Waals surface area contributed by atoms with Crippen LogP contribution in [-0.4, -0.2) is 17.0 Å². The number of nitrogens with one attached hydrogen (secondary N) is 1. The highest BCUT2D eigenvalue weighted by Gasteiger charge is 2.01. The highest BCUT2D eigenvalue weighted by molar-refractivity contribution is 6.31. The molecule has 0 unspecified atom stereocenters. The Balaban J connectivity index is 3.12. The number of aromatic nitrogens is 2. The minimum atomic E-state index is 0.214. The molecule has 56 valence electrons. The molecular weight excluding hydrogens is 164 g/mol. The summed E-state index contributed by atoms with van der Waals surface area (Å²) in [5, 5.41) is 11.3. The van der Waals surface area contributed by atoms with Crippen molar-refractivity contribution in [2.45, 2.75) is 0 Å². The van der Waals surface area contributed by atoms with E-state index in [-0.39, 0.29) is 10.8 Å². The van der Waals surface area contributed by atoms with Gasteiger partial charge in [-0.1, -0.05) is 11.6 Å². The molecule has 0 saturated heterocycles. The lowest BCUT2D eigenvalue weighted by molar-refractivity contribution is 1.15. The third-order valence-corrected chi connectivity index (χ3v) is 1.34. The van der Waals surface area contributed by atoms with E-state index in [4.69, 9.17) is 16.9 Å². The molecule has 1 N–H and O–H groups in total. The first-order valence-electron chi connectivity index (χ1n) is 2.88. The molecule has 0 spiro atoms. The van der Waals surface area contributed by atoms with Crippen LogP contribution in [-0.2, 0) is 0 Å². The second-order valence-electron chi connectivity index (χ2n) is 1.76. The molecule has 0 bridgehead atoms. The standard InChI is InChI=1S/C6H5ClN4/c1-9-6-5(7)11-4(2-8)3-10-6/h3H,1H3,(H,9,10). The van der Waals surface area contributed by atoms with Gasteiger partial charge in [-0.25, -0.2) is 9.97 Å². The lowest BCUT2D eigenvalue weighted by atomic mass is 10.5. The van der Waals surface area contributed by atoms with Gasteiger partial charge in [0.2, 0.25) is 0 Å². The molecule has 0 aliphatic carbocycles. The molecule has 0 aliphatic rings. The normalized spacial score (nSPS) is 8.82. The molecule has 11 heavy (non-hydrogen) atoms. The van der Waals surface area contributed by atoms with Crippen molar-refractivity contribution < 1.29 is 0 Å². The fourth-order valence-corrected chi connectivity index (χ4v) is 0.822. The SMILES string of the molecule is CNc1ncc(C#N)nc1Cl. The molecule has 1 rings (SSSR count). The van der Waals surface area contributed by atoms with Crippen molar-refractivity contribution in [2.75, 3.05) is 12.4 Å². The summed E-state index contributed by atoms with van der Waals surface area (Å²) < 4.78 is 0. The summed E-state index contributed by atoms with van der Waals surface area (Å²) in [5.74, 6) is 0.477. The van der Waals surface area contributed by atoms with Gasteiger partial charge in [-0.2, -0.15) is 5.26 Å². The van der Waals surface area contributed by atoms with Gasteiger partial charge >= 0.3 is 0 Å². The number of nitrogens with zero attached hydrogens (tertiary/aromatic N) is 3. The highest BCUT2D eigenvalue weighted by Crippen LogP contribution is 2.14.